The van der Waals surface area contributed by atoms with E-state index in [4.69, 9.17) is 15.0 Å². The van der Waals surface area contributed by atoms with Gasteiger partial charge in [-0.05, 0) is 31.6 Å². The predicted octanol–water partition coefficient (Wildman–Crippen LogP) is 1.55. The predicted molar refractivity (Wildman–Crippen MR) is 61.4 cm³/mol. The van der Waals surface area contributed by atoms with E-state index in [1.54, 1.807) is 7.11 Å². The van der Waals surface area contributed by atoms with Gasteiger partial charge in [-0.1, -0.05) is 11.6 Å². The molecular formula is C12H19N3O2. The van der Waals surface area contributed by atoms with Crippen molar-refractivity contribution in [2.45, 2.75) is 43.6 Å². The van der Waals surface area contributed by atoms with E-state index in [2.05, 4.69) is 10.1 Å². The average Bonchev–Trinajstić information content (AvgIpc) is 2.99. The van der Waals surface area contributed by atoms with Crippen molar-refractivity contribution in [2.24, 2.45) is 11.7 Å². The maximum atomic E-state index is 5.83. The van der Waals surface area contributed by atoms with E-state index < -0.39 is 0 Å². The minimum atomic E-state index is -0.0485. The zero-order valence-electron chi connectivity index (χ0n) is 10.2. The summed E-state index contributed by atoms with van der Waals surface area (Å²) in [5.41, 5.74) is 5.78. The van der Waals surface area contributed by atoms with Crippen molar-refractivity contribution < 1.29 is 9.26 Å². The van der Waals surface area contributed by atoms with Gasteiger partial charge < -0.3 is 15.0 Å². The third-order valence-electron chi connectivity index (χ3n) is 4.16. The zero-order chi connectivity index (χ0) is 11.9. The summed E-state index contributed by atoms with van der Waals surface area (Å²) >= 11 is 0. The standard InChI is InChI=1S/C12H19N3O2/c1-16-9(8-3-4-8)10-14-11(17-15-10)12(7-13)5-2-6-12/h8-9H,2-7,13H2,1H3. The van der Waals surface area contributed by atoms with Crippen molar-refractivity contribution >= 4 is 0 Å². The molecule has 94 valence electrons. The molecule has 2 N–H and O–H groups in total. The Balaban J connectivity index is 1.81. The average molecular weight is 237 g/mol. The SMILES string of the molecule is COC(c1noc(C2(CN)CCC2)n1)C1CC1. The van der Waals surface area contributed by atoms with Crippen molar-refractivity contribution in [1.29, 1.82) is 0 Å². The summed E-state index contributed by atoms with van der Waals surface area (Å²) in [7, 11) is 1.71. The molecule has 2 saturated carbocycles. The van der Waals surface area contributed by atoms with Crippen molar-refractivity contribution in [1.82, 2.24) is 10.1 Å². The number of aromatic nitrogens is 2. The van der Waals surface area contributed by atoms with Crippen LogP contribution in [-0.2, 0) is 10.2 Å². The van der Waals surface area contributed by atoms with Gasteiger partial charge in [0.05, 0.1) is 5.41 Å². The van der Waals surface area contributed by atoms with E-state index in [1.165, 1.54) is 19.3 Å². The largest absolute Gasteiger partial charge is 0.373 e. The van der Waals surface area contributed by atoms with E-state index in [9.17, 15) is 0 Å². The fraction of sp³-hybridized carbons (Fsp3) is 0.833. The second-order valence-electron chi connectivity index (χ2n) is 5.29. The number of nitrogens with zero attached hydrogens (tertiary/aromatic N) is 2. The van der Waals surface area contributed by atoms with Gasteiger partial charge in [0.15, 0.2) is 0 Å². The molecular weight excluding hydrogens is 218 g/mol. The summed E-state index contributed by atoms with van der Waals surface area (Å²) in [6.45, 7) is 0.593. The number of rotatable bonds is 5. The van der Waals surface area contributed by atoms with Gasteiger partial charge in [-0.25, -0.2) is 0 Å². The zero-order valence-corrected chi connectivity index (χ0v) is 10.2. The van der Waals surface area contributed by atoms with Crippen LogP contribution in [0.25, 0.3) is 0 Å². The molecule has 1 atom stereocenters. The molecule has 0 aromatic carbocycles. The van der Waals surface area contributed by atoms with E-state index >= 15 is 0 Å². The van der Waals surface area contributed by atoms with Crippen LogP contribution in [-0.4, -0.2) is 23.8 Å². The van der Waals surface area contributed by atoms with Crippen LogP contribution >= 0.6 is 0 Å². The first-order chi connectivity index (χ1) is 8.29. The van der Waals surface area contributed by atoms with Crippen LogP contribution in [0.1, 0.15) is 49.9 Å². The Bertz CT molecular complexity index is 391. The highest BCUT2D eigenvalue weighted by Gasteiger charge is 2.44. The van der Waals surface area contributed by atoms with Crippen molar-refractivity contribution in [2.75, 3.05) is 13.7 Å². The molecule has 0 spiro atoms. The molecule has 1 unspecified atom stereocenters. The van der Waals surface area contributed by atoms with Gasteiger partial charge in [-0.15, -0.1) is 0 Å². The molecule has 2 fully saturated rings. The Morgan fingerprint density at radius 2 is 2.29 bits per heavy atom. The second-order valence-corrected chi connectivity index (χ2v) is 5.29. The summed E-state index contributed by atoms with van der Waals surface area (Å²) in [6, 6.07) is 0. The molecule has 1 heterocycles. The number of hydrogen-bond donors (Lipinski definition) is 1. The summed E-state index contributed by atoms with van der Waals surface area (Å²) in [5, 5.41) is 4.08. The quantitative estimate of drug-likeness (QED) is 0.841. The minimum absolute atomic E-state index is 0.00222. The van der Waals surface area contributed by atoms with Gasteiger partial charge in [0, 0.05) is 13.7 Å². The molecule has 2 aliphatic carbocycles. The van der Waals surface area contributed by atoms with Gasteiger partial charge in [-0.3, -0.25) is 0 Å². The lowest BCUT2D eigenvalue weighted by atomic mass is 9.69. The number of ether oxygens (including phenoxy) is 1. The fourth-order valence-corrected chi connectivity index (χ4v) is 2.58. The monoisotopic (exact) mass is 237 g/mol. The number of nitrogens with two attached hydrogens (primary N) is 1. The Morgan fingerprint density at radius 1 is 1.53 bits per heavy atom. The highest BCUT2D eigenvalue weighted by Crippen LogP contribution is 2.45. The number of hydrogen-bond acceptors (Lipinski definition) is 5. The Labute approximate surface area is 101 Å². The third kappa shape index (κ3) is 1.77. The molecule has 0 saturated heterocycles. The van der Waals surface area contributed by atoms with Crippen LogP contribution in [0.4, 0.5) is 0 Å². The van der Waals surface area contributed by atoms with Gasteiger partial charge in [0.25, 0.3) is 0 Å². The van der Waals surface area contributed by atoms with Gasteiger partial charge in [0.2, 0.25) is 11.7 Å². The summed E-state index contributed by atoms with van der Waals surface area (Å²) in [5.74, 6) is 1.98. The molecule has 0 amide bonds. The van der Waals surface area contributed by atoms with Gasteiger partial charge in [-0.2, -0.15) is 4.98 Å². The fourth-order valence-electron chi connectivity index (χ4n) is 2.58. The van der Waals surface area contributed by atoms with Gasteiger partial charge in [0.1, 0.15) is 6.10 Å². The highest BCUT2D eigenvalue weighted by atomic mass is 16.5. The van der Waals surface area contributed by atoms with Gasteiger partial charge >= 0.3 is 0 Å². The lowest BCUT2D eigenvalue weighted by molar-refractivity contribution is 0.0750. The lowest BCUT2D eigenvalue weighted by Gasteiger charge is -2.36. The van der Waals surface area contributed by atoms with Crippen molar-refractivity contribution in [3.63, 3.8) is 0 Å². The van der Waals surface area contributed by atoms with Crippen LogP contribution in [0.15, 0.2) is 4.52 Å². The van der Waals surface area contributed by atoms with Crippen molar-refractivity contribution in [3.05, 3.63) is 11.7 Å². The summed E-state index contributed by atoms with van der Waals surface area (Å²) in [6.07, 6.45) is 5.72. The molecule has 3 rings (SSSR count). The maximum Gasteiger partial charge on any atom is 0.234 e. The molecule has 5 heteroatoms. The topological polar surface area (TPSA) is 74.2 Å². The van der Waals surface area contributed by atoms with Crippen LogP contribution in [0, 0.1) is 5.92 Å². The Hall–Kier alpha value is -0.940. The van der Waals surface area contributed by atoms with Crippen LogP contribution in [0.2, 0.25) is 0 Å². The third-order valence-corrected chi connectivity index (χ3v) is 4.16. The molecule has 0 bridgehead atoms. The minimum Gasteiger partial charge on any atom is -0.373 e. The second kappa shape index (κ2) is 4.07. The summed E-state index contributed by atoms with van der Waals surface area (Å²) in [4.78, 5) is 4.52. The maximum absolute atomic E-state index is 5.83. The summed E-state index contributed by atoms with van der Waals surface area (Å²) < 4.78 is 10.9. The molecule has 17 heavy (non-hydrogen) atoms. The van der Waals surface area contributed by atoms with Crippen LogP contribution < -0.4 is 5.73 Å². The molecule has 0 radical (unpaired) electrons. The first-order valence-corrected chi connectivity index (χ1v) is 6.36. The van der Waals surface area contributed by atoms with Crippen LogP contribution in [0.5, 0.6) is 0 Å². The van der Waals surface area contributed by atoms with E-state index in [-0.39, 0.29) is 11.5 Å². The van der Waals surface area contributed by atoms with Crippen LogP contribution in [0.3, 0.4) is 0 Å². The Kier molecular flexibility index (Phi) is 2.67. The lowest BCUT2D eigenvalue weighted by Crippen LogP contribution is -2.41. The highest BCUT2D eigenvalue weighted by molar-refractivity contribution is 5.12. The van der Waals surface area contributed by atoms with E-state index in [0.717, 1.165) is 12.8 Å². The molecule has 0 aliphatic heterocycles. The first kappa shape index (κ1) is 11.2. The number of methoxy groups -OCH3 is 1. The Morgan fingerprint density at radius 3 is 2.76 bits per heavy atom. The smallest absolute Gasteiger partial charge is 0.234 e. The van der Waals surface area contributed by atoms with E-state index in [0.29, 0.717) is 24.2 Å². The van der Waals surface area contributed by atoms with E-state index in [1.807, 2.05) is 0 Å². The first-order valence-electron chi connectivity index (χ1n) is 6.36. The molecule has 2 aliphatic rings. The van der Waals surface area contributed by atoms with Crippen molar-refractivity contribution in [3.8, 4) is 0 Å². The normalized spacial score (nSPS) is 24.4. The molecule has 5 nitrogen and oxygen atoms in total. The molecule has 1 aromatic rings. The molecule has 1 aromatic heterocycles.